The van der Waals surface area contributed by atoms with E-state index in [1.807, 2.05) is 0 Å². The Morgan fingerprint density at radius 3 is 2.83 bits per heavy atom. The highest BCUT2D eigenvalue weighted by Crippen LogP contribution is 2.28. The van der Waals surface area contributed by atoms with Gasteiger partial charge in [0.25, 0.3) is 5.91 Å². The van der Waals surface area contributed by atoms with Crippen molar-refractivity contribution in [3.05, 3.63) is 65.4 Å². The average molecular weight is 463 g/mol. The first-order valence-electron chi connectivity index (χ1n) is 8.61. The lowest BCUT2D eigenvalue weighted by Gasteiger charge is -2.08. The standard InChI is InChI=1S/C19H15ClN4O4S2/c1-30(26,27)15-5-6-16-17(8-15)29-19(22-16)23-18(25)12-3-2-4-14(7-12)28-11-24-10-13(20)9-21-24/h2-10H,11H2,1H3,(H,22,23,25). The van der Waals surface area contributed by atoms with Gasteiger partial charge in [-0.25, -0.2) is 18.1 Å². The Kier molecular flexibility index (Phi) is 5.46. The molecule has 4 rings (SSSR count). The highest BCUT2D eigenvalue weighted by molar-refractivity contribution is 7.90. The minimum Gasteiger partial charge on any atom is -0.471 e. The van der Waals surface area contributed by atoms with Crippen LogP contribution < -0.4 is 10.1 Å². The number of aromatic nitrogens is 3. The molecule has 1 N–H and O–H groups in total. The van der Waals surface area contributed by atoms with E-state index in [-0.39, 0.29) is 17.5 Å². The first-order chi connectivity index (χ1) is 14.3. The van der Waals surface area contributed by atoms with Gasteiger partial charge in [0, 0.05) is 18.0 Å². The average Bonchev–Trinajstić information content (AvgIpc) is 3.30. The number of rotatable bonds is 6. The maximum Gasteiger partial charge on any atom is 0.257 e. The lowest BCUT2D eigenvalue weighted by atomic mass is 10.2. The third-order valence-corrected chi connectivity index (χ3v) is 6.31. The Hall–Kier alpha value is -2.95. The second-order valence-electron chi connectivity index (χ2n) is 6.37. The van der Waals surface area contributed by atoms with E-state index in [0.29, 0.717) is 31.7 Å². The molecule has 0 radical (unpaired) electrons. The molecule has 154 valence electrons. The number of benzene rings is 2. The molecule has 0 atom stereocenters. The smallest absolute Gasteiger partial charge is 0.257 e. The number of carbonyl (C=O) groups excluding carboxylic acids is 1. The van der Waals surface area contributed by atoms with Crippen LogP contribution in [0.25, 0.3) is 10.2 Å². The maximum atomic E-state index is 12.6. The van der Waals surface area contributed by atoms with Gasteiger partial charge in [0.2, 0.25) is 0 Å². The number of ether oxygens (including phenoxy) is 1. The van der Waals surface area contributed by atoms with Crippen molar-refractivity contribution in [1.82, 2.24) is 14.8 Å². The Balaban J connectivity index is 1.48. The van der Waals surface area contributed by atoms with E-state index in [4.69, 9.17) is 16.3 Å². The summed E-state index contributed by atoms with van der Waals surface area (Å²) in [6, 6.07) is 11.4. The van der Waals surface area contributed by atoms with Crippen molar-refractivity contribution in [2.75, 3.05) is 11.6 Å². The van der Waals surface area contributed by atoms with E-state index in [1.165, 1.54) is 28.3 Å². The molecule has 0 spiro atoms. The number of hydrogen-bond acceptors (Lipinski definition) is 7. The minimum atomic E-state index is -3.32. The molecule has 0 saturated carbocycles. The van der Waals surface area contributed by atoms with E-state index in [9.17, 15) is 13.2 Å². The van der Waals surface area contributed by atoms with Crippen molar-refractivity contribution in [1.29, 1.82) is 0 Å². The molecule has 0 bridgehead atoms. The van der Waals surface area contributed by atoms with Crippen LogP contribution in [0.3, 0.4) is 0 Å². The van der Waals surface area contributed by atoms with Gasteiger partial charge >= 0.3 is 0 Å². The summed E-state index contributed by atoms with van der Waals surface area (Å²) in [5.41, 5.74) is 1.000. The molecule has 0 unspecified atom stereocenters. The van der Waals surface area contributed by atoms with Crippen LogP contribution in [0.15, 0.2) is 59.8 Å². The van der Waals surface area contributed by atoms with Crippen molar-refractivity contribution in [2.24, 2.45) is 0 Å². The normalized spacial score (nSPS) is 11.5. The summed E-state index contributed by atoms with van der Waals surface area (Å²) in [5.74, 6) is 0.140. The van der Waals surface area contributed by atoms with Crippen LogP contribution in [0.5, 0.6) is 5.75 Å². The van der Waals surface area contributed by atoms with Crippen LogP contribution in [-0.2, 0) is 16.6 Å². The fraction of sp³-hybridized carbons (Fsp3) is 0.105. The Bertz CT molecular complexity index is 1350. The minimum absolute atomic E-state index is 0.151. The van der Waals surface area contributed by atoms with Gasteiger partial charge in [-0.15, -0.1) is 0 Å². The first kappa shape index (κ1) is 20.3. The lowest BCUT2D eigenvalue weighted by Crippen LogP contribution is -2.12. The number of sulfone groups is 1. The van der Waals surface area contributed by atoms with Crippen molar-refractivity contribution >= 4 is 54.0 Å². The van der Waals surface area contributed by atoms with Crippen LogP contribution in [0.4, 0.5) is 5.13 Å². The van der Waals surface area contributed by atoms with Crippen LogP contribution >= 0.6 is 22.9 Å². The number of nitrogens with one attached hydrogen (secondary N) is 1. The molecule has 2 heterocycles. The summed E-state index contributed by atoms with van der Waals surface area (Å²) in [6.07, 6.45) is 4.28. The van der Waals surface area contributed by atoms with Crippen LogP contribution in [0.1, 0.15) is 10.4 Å². The number of thiazole rings is 1. The summed E-state index contributed by atoms with van der Waals surface area (Å²) in [6.45, 7) is 0.151. The van der Waals surface area contributed by atoms with E-state index >= 15 is 0 Å². The molecule has 0 aliphatic heterocycles. The number of halogens is 1. The van der Waals surface area contributed by atoms with E-state index in [1.54, 1.807) is 42.6 Å². The van der Waals surface area contributed by atoms with Crippen molar-refractivity contribution in [3.8, 4) is 5.75 Å². The number of carbonyl (C=O) groups is 1. The van der Waals surface area contributed by atoms with Gasteiger partial charge in [-0.1, -0.05) is 29.0 Å². The zero-order valence-corrected chi connectivity index (χ0v) is 18.0. The fourth-order valence-electron chi connectivity index (χ4n) is 2.64. The molecule has 2 aromatic heterocycles. The van der Waals surface area contributed by atoms with Crippen LogP contribution in [0, 0.1) is 0 Å². The third-order valence-electron chi connectivity index (χ3n) is 4.07. The first-order valence-corrected chi connectivity index (χ1v) is 11.7. The maximum absolute atomic E-state index is 12.6. The number of hydrogen-bond donors (Lipinski definition) is 1. The number of anilines is 1. The molecule has 0 saturated heterocycles. The zero-order valence-electron chi connectivity index (χ0n) is 15.6. The van der Waals surface area contributed by atoms with Crippen molar-refractivity contribution in [2.45, 2.75) is 11.6 Å². The van der Waals surface area contributed by atoms with Crippen LogP contribution in [-0.4, -0.2) is 35.3 Å². The lowest BCUT2D eigenvalue weighted by molar-refractivity contribution is 0.102. The quantitative estimate of drug-likeness (QED) is 0.467. The summed E-state index contributed by atoms with van der Waals surface area (Å²) in [5, 5.41) is 7.64. The van der Waals surface area contributed by atoms with E-state index < -0.39 is 9.84 Å². The predicted octanol–water partition coefficient (Wildman–Crippen LogP) is 3.84. The highest BCUT2D eigenvalue weighted by Gasteiger charge is 2.13. The monoisotopic (exact) mass is 462 g/mol. The third kappa shape index (κ3) is 4.61. The molecule has 0 aliphatic rings. The SMILES string of the molecule is CS(=O)(=O)c1ccc2nc(NC(=O)c3cccc(OCn4cc(Cl)cn4)c3)sc2c1. The zero-order chi connectivity index (χ0) is 21.3. The van der Waals surface area contributed by atoms with E-state index in [0.717, 1.165) is 6.26 Å². The molecule has 0 aliphatic carbocycles. The summed E-state index contributed by atoms with van der Waals surface area (Å²) in [4.78, 5) is 17.2. The van der Waals surface area contributed by atoms with Crippen LogP contribution in [0.2, 0.25) is 5.02 Å². The van der Waals surface area contributed by atoms with Gasteiger partial charge in [0.1, 0.15) is 5.75 Å². The summed E-state index contributed by atoms with van der Waals surface area (Å²) < 4.78 is 31.3. The Labute approximate surface area is 181 Å². The number of fused-ring (bicyclic) bond motifs is 1. The molecular formula is C19H15ClN4O4S2. The molecule has 30 heavy (non-hydrogen) atoms. The Morgan fingerprint density at radius 1 is 1.27 bits per heavy atom. The molecule has 11 heteroatoms. The fourth-order valence-corrected chi connectivity index (χ4v) is 4.41. The largest absolute Gasteiger partial charge is 0.471 e. The highest BCUT2D eigenvalue weighted by atomic mass is 35.5. The van der Waals surface area contributed by atoms with Gasteiger partial charge in [-0.2, -0.15) is 5.10 Å². The van der Waals surface area contributed by atoms with Gasteiger partial charge < -0.3 is 4.74 Å². The summed E-state index contributed by atoms with van der Waals surface area (Å²) in [7, 11) is -3.32. The number of nitrogens with zero attached hydrogens (tertiary/aromatic N) is 3. The number of amides is 1. The molecule has 1 amide bonds. The molecule has 2 aromatic carbocycles. The van der Waals surface area contributed by atoms with Gasteiger partial charge in [0.15, 0.2) is 21.7 Å². The van der Waals surface area contributed by atoms with Gasteiger partial charge in [0.05, 0.1) is 26.3 Å². The van der Waals surface area contributed by atoms with E-state index in [2.05, 4.69) is 15.4 Å². The molecular weight excluding hydrogens is 448 g/mol. The second kappa shape index (κ2) is 8.05. The second-order valence-corrected chi connectivity index (χ2v) is 9.86. The molecule has 8 nitrogen and oxygen atoms in total. The van der Waals surface area contributed by atoms with Gasteiger partial charge in [-0.05, 0) is 36.4 Å². The summed E-state index contributed by atoms with van der Waals surface area (Å²) >= 11 is 7.02. The van der Waals surface area contributed by atoms with Crippen molar-refractivity contribution in [3.63, 3.8) is 0 Å². The van der Waals surface area contributed by atoms with Crippen molar-refractivity contribution < 1.29 is 17.9 Å². The molecule has 0 fully saturated rings. The Morgan fingerprint density at radius 2 is 2.10 bits per heavy atom. The van der Waals surface area contributed by atoms with Gasteiger partial charge in [-0.3, -0.25) is 10.1 Å². The molecule has 4 aromatic rings. The predicted molar refractivity (Wildman–Crippen MR) is 115 cm³/mol. The topological polar surface area (TPSA) is 103 Å².